The molecule has 4 heteroatoms. The zero-order valence-electron chi connectivity index (χ0n) is 7.30. The topological polar surface area (TPSA) is 41.9 Å². The first-order valence-corrected chi connectivity index (χ1v) is 3.92. The molecule has 1 heterocycles. The maximum Gasteiger partial charge on any atom is 0.431 e. The summed E-state index contributed by atoms with van der Waals surface area (Å²) in [4.78, 5) is 11.2. The summed E-state index contributed by atoms with van der Waals surface area (Å²) in [7, 11) is 0. The van der Waals surface area contributed by atoms with E-state index in [1.165, 1.54) is 6.21 Å². The molecule has 1 amide bonds. The first kappa shape index (κ1) is 9.33. The highest BCUT2D eigenvalue weighted by Gasteiger charge is 2.21. The van der Waals surface area contributed by atoms with Gasteiger partial charge in [0.15, 0.2) is 0 Å². The lowest BCUT2D eigenvalue weighted by atomic mass is 10.2. The molecule has 1 aliphatic heterocycles. The van der Waals surface area contributed by atoms with Crippen molar-refractivity contribution in [2.24, 2.45) is 5.10 Å². The molecule has 1 unspecified atom stereocenters. The molecule has 0 aromatic heterocycles. The predicted octanol–water partition coefficient (Wildman–Crippen LogP) is 1.00. The van der Waals surface area contributed by atoms with Crippen LogP contribution in [-0.2, 0) is 4.74 Å². The van der Waals surface area contributed by atoms with Crippen molar-refractivity contribution in [1.82, 2.24) is 5.01 Å². The van der Waals surface area contributed by atoms with E-state index in [4.69, 9.17) is 11.2 Å². The Hall–Kier alpha value is -1.76. The molecule has 0 radical (unpaired) electrons. The number of hydrogen-bond donors (Lipinski definition) is 0. The van der Waals surface area contributed by atoms with Crippen molar-refractivity contribution in [2.45, 2.75) is 13.0 Å². The maximum absolute atomic E-state index is 11.2. The molecule has 0 fully saturated rings. The standard InChI is InChI=1S/C9H10N2O2/c1-3-8-6-5-7-10-11(8)9(12)13-4-2/h1,5-8H,4H2,2H3. The van der Waals surface area contributed by atoms with Crippen LogP contribution in [0.2, 0.25) is 0 Å². The summed E-state index contributed by atoms with van der Waals surface area (Å²) < 4.78 is 4.76. The summed E-state index contributed by atoms with van der Waals surface area (Å²) in [6.07, 6.45) is 9.56. The van der Waals surface area contributed by atoms with Gasteiger partial charge in [0.25, 0.3) is 0 Å². The molecule has 0 saturated heterocycles. The Bertz CT molecular complexity index is 288. The summed E-state index contributed by atoms with van der Waals surface area (Å²) in [6, 6.07) is -0.441. The van der Waals surface area contributed by atoms with E-state index in [1.807, 2.05) is 0 Å². The van der Waals surface area contributed by atoms with Crippen LogP contribution in [-0.4, -0.2) is 30.0 Å². The average molecular weight is 178 g/mol. The molecule has 13 heavy (non-hydrogen) atoms. The van der Waals surface area contributed by atoms with Gasteiger partial charge in [-0.1, -0.05) is 5.92 Å². The van der Waals surface area contributed by atoms with Gasteiger partial charge in [-0.15, -0.1) is 6.42 Å². The predicted molar refractivity (Wildman–Crippen MR) is 49.1 cm³/mol. The molecule has 0 N–H and O–H groups in total. The summed E-state index contributed by atoms with van der Waals surface area (Å²) in [6.45, 7) is 2.04. The van der Waals surface area contributed by atoms with Crippen molar-refractivity contribution in [3.05, 3.63) is 12.2 Å². The van der Waals surface area contributed by atoms with Crippen molar-refractivity contribution >= 4 is 12.3 Å². The number of carbonyl (C=O) groups excluding carboxylic acids is 1. The number of allylic oxidation sites excluding steroid dienone is 1. The number of terminal acetylenes is 1. The minimum absolute atomic E-state index is 0.311. The lowest BCUT2D eigenvalue weighted by Crippen LogP contribution is -2.36. The summed E-state index contributed by atoms with van der Waals surface area (Å²) in [5.74, 6) is 2.42. The lowest BCUT2D eigenvalue weighted by molar-refractivity contribution is 0.106. The van der Waals surface area contributed by atoms with Gasteiger partial charge in [0.2, 0.25) is 0 Å². The van der Waals surface area contributed by atoms with Gasteiger partial charge in [-0.05, 0) is 19.1 Å². The highest BCUT2D eigenvalue weighted by molar-refractivity contribution is 5.77. The Kier molecular flexibility index (Phi) is 3.09. The maximum atomic E-state index is 11.2. The third-order valence-electron chi connectivity index (χ3n) is 1.46. The van der Waals surface area contributed by atoms with Gasteiger partial charge >= 0.3 is 6.09 Å². The van der Waals surface area contributed by atoms with Crippen molar-refractivity contribution in [3.63, 3.8) is 0 Å². The molecule has 0 aromatic rings. The van der Waals surface area contributed by atoms with Crippen LogP contribution in [0.4, 0.5) is 4.79 Å². The van der Waals surface area contributed by atoms with E-state index >= 15 is 0 Å². The number of carbonyl (C=O) groups is 1. The molecule has 1 aliphatic rings. The molecule has 1 atom stereocenters. The van der Waals surface area contributed by atoms with E-state index in [1.54, 1.807) is 19.1 Å². The SMILES string of the molecule is C#CC1C=CC=NN1C(=O)OCC. The van der Waals surface area contributed by atoms with E-state index in [0.29, 0.717) is 6.61 Å². The van der Waals surface area contributed by atoms with E-state index in [-0.39, 0.29) is 0 Å². The highest BCUT2D eigenvalue weighted by Crippen LogP contribution is 2.07. The van der Waals surface area contributed by atoms with Gasteiger partial charge in [-0.25, -0.2) is 4.79 Å². The minimum atomic E-state index is -0.522. The van der Waals surface area contributed by atoms with Gasteiger partial charge < -0.3 is 4.74 Å². The molecule has 0 aromatic carbocycles. The van der Waals surface area contributed by atoms with Crippen LogP contribution in [0, 0.1) is 12.3 Å². The second-order valence-corrected chi connectivity index (χ2v) is 2.30. The second-order valence-electron chi connectivity index (χ2n) is 2.30. The molecule has 0 saturated carbocycles. The number of hydrazone groups is 1. The van der Waals surface area contributed by atoms with E-state index in [2.05, 4.69) is 11.0 Å². The van der Waals surface area contributed by atoms with Crippen LogP contribution in [0.25, 0.3) is 0 Å². The fraction of sp³-hybridized carbons (Fsp3) is 0.333. The van der Waals surface area contributed by atoms with Crippen molar-refractivity contribution < 1.29 is 9.53 Å². The zero-order valence-corrected chi connectivity index (χ0v) is 7.30. The second kappa shape index (κ2) is 4.31. The van der Waals surface area contributed by atoms with E-state index in [0.717, 1.165) is 5.01 Å². The number of amides is 1. The van der Waals surface area contributed by atoms with Crippen LogP contribution in [0.15, 0.2) is 17.3 Å². The van der Waals surface area contributed by atoms with Crippen LogP contribution in [0.3, 0.4) is 0 Å². The van der Waals surface area contributed by atoms with Gasteiger partial charge in [0.05, 0.1) is 6.61 Å². The van der Waals surface area contributed by atoms with Crippen molar-refractivity contribution in [3.8, 4) is 12.3 Å². The lowest BCUT2D eigenvalue weighted by Gasteiger charge is -2.21. The Labute approximate surface area is 76.9 Å². The number of rotatable bonds is 1. The van der Waals surface area contributed by atoms with Crippen LogP contribution >= 0.6 is 0 Å². The first-order valence-electron chi connectivity index (χ1n) is 3.92. The largest absolute Gasteiger partial charge is 0.448 e. The summed E-state index contributed by atoms with van der Waals surface area (Å²) in [5.41, 5.74) is 0. The van der Waals surface area contributed by atoms with Crippen LogP contribution in [0.1, 0.15) is 6.92 Å². The molecule has 0 bridgehead atoms. The molecular formula is C9H10N2O2. The number of hydrogen-bond acceptors (Lipinski definition) is 3. The molecule has 0 aliphatic carbocycles. The zero-order chi connectivity index (χ0) is 9.68. The van der Waals surface area contributed by atoms with Crippen LogP contribution in [0.5, 0.6) is 0 Å². The van der Waals surface area contributed by atoms with E-state index < -0.39 is 12.1 Å². The highest BCUT2D eigenvalue weighted by atomic mass is 16.6. The third-order valence-corrected chi connectivity index (χ3v) is 1.46. The summed E-state index contributed by atoms with van der Waals surface area (Å²) >= 11 is 0. The number of ether oxygens (including phenoxy) is 1. The molecule has 1 rings (SSSR count). The first-order chi connectivity index (χ1) is 6.29. The monoisotopic (exact) mass is 178 g/mol. The fourth-order valence-electron chi connectivity index (χ4n) is 0.895. The van der Waals surface area contributed by atoms with Gasteiger partial charge in [-0.3, -0.25) is 0 Å². The van der Waals surface area contributed by atoms with Gasteiger partial charge in [0.1, 0.15) is 6.04 Å². The third kappa shape index (κ3) is 2.09. The Balaban J connectivity index is 2.68. The Morgan fingerprint density at radius 2 is 2.62 bits per heavy atom. The quantitative estimate of drug-likeness (QED) is 0.562. The Morgan fingerprint density at radius 3 is 3.23 bits per heavy atom. The van der Waals surface area contributed by atoms with Crippen LogP contribution < -0.4 is 0 Å². The summed E-state index contributed by atoms with van der Waals surface area (Å²) in [5, 5.41) is 4.93. The average Bonchev–Trinajstić information content (AvgIpc) is 2.18. The molecule has 0 spiro atoms. The molecule has 68 valence electrons. The van der Waals surface area contributed by atoms with Gasteiger partial charge in [-0.2, -0.15) is 10.1 Å². The Morgan fingerprint density at radius 1 is 1.85 bits per heavy atom. The molecule has 4 nitrogen and oxygen atoms in total. The smallest absolute Gasteiger partial charge is 0.431 e. The molecular weight excluding hydrogens is 168 g/mol. The van der Waals surface area contributed by atoms with Crippen molar-refractivity contribution in [1.29, 1.82) is 0 Å². The minimum Gasteiger partial charge on any atom is -0.448 e. The van der Waals surface area contributed by atoms with E-state index in [9.17, 15) is 4.79 Å². The van der Waals surface area contributed by atoms with Crippen molar-refractivity contribution in [2.75, 3.05) is 6.61 Å². The fourth-order valence-corrected chi connectivity index (χ4v) is 0.895. The van der Waals surface area contributed by atoms with Gasteiger partial charge in [0, 0.05) is 6.21 Å². The number of nitrogens with zero attached hydrogens (tertiary/aromatic N) is 2. The normalized spacial score (nSPS) is 19.7.